The van der Waals surface area contributed by atoms with Gasteiger partial charge in [-0.25, -0.2) is 4.39 Å². The van der Waals surface area contributed by atoms with Crippen molar-refractivity contribution in [2.45, 2.75) is 12.7 Å². The van der Waals surface area contributed by atoms with Crippen LogP contribution in [0.3, 0.4) is 0 Å². The average molecular weight is 235 g/mol. The molecule has 0 spiro atoms. The smallest absolute Gasteiger partial charge is 0.416 e. The van der Waals surface area contributed by atoms with Gasteiger partial charge in [0.05, 0.1) is 5.56 Å². The summed E-state index contributed by atoms with van der Waals surface area (Å²) in [5, 5.41) is 0. The quantitative estimate of drug-likeness (QED) is 0.641. The van der Waals surface area contributed by atoms with E-state index in [9.17, 15) is 17.6 Å². The number of rotatable bonds is 0. The van der Waals surface area contributed by atoms with E-state index >= 15 is 0 Å². The summed E-state index contributed by atoms with van der Waals surface area (Å²) < 4.78 is 55.6. The highest BCUT2D eigenvalue weighted by Gasteiger charge is 2.33. The SMILES string of the molecule is CN1COc2c(F)cc(C(F)(F)F)cc2C1. The van der Waals surface area contributed by atoms with E-state index in [0.717, 1.165) is 6.07 Å². The van der Waals surface area contributed by atoms with Crippen LogP contribution in [0.25, 0.3) is 0 Å². The number of nitrogens with zero attached hydrogens (tertiary/aromatic N) is 1. The van der Waals surface area contributed by atoms with Gasteiger partial charge in [-0.2, -0.15) is 13.2 Å². The first-order valence-electron chi connectivity index (χ1n) is 4.59. The lowest BCUT2D eigenvalue weighted by Crippen LogP contribution is -2.29. The fourth-order valence-electron chi connectivity index (χ4n) is 1.60. The Balaban J connectivity index is 2.48. The highest BCUT2D eigenvalue weighted by atomic mass is 19.4. The summed E-state index contributed by atoms with van der Waals surface area (Å²) in [5.74, 6) is -1.04. The minimum Gasteiger partial charge on any atom is -0.475 e. The fourth-order valence-corrected chi connectivity index (χ4v) is 1.60. The molecular formula is C10H9F4NO. The van der Waals surface area contributed by atoms with Gasteiger partial charge in [-0.3, -0.25) is 4.90 Å². The molecule has 0 saturated heterocycles. The third-order valence-corrected chi connectivity index (χ3v) is 2.32. The van der Waals surface area contributed by atoms with Crippen LogP contribution >= 0.6 is 0 Å². The van der Waals surface area contributed by atoms with Crippen LogP contribution in [0.5, 0.6) is 5.75 Å². The maximum atomic E-state index is 13.3. The van der Waals surface area contributed by atoms with Crippen molar-refractivity contribution in [1.82, 2.24) is 4.90 Å². The Hall–Kier alpha value is -1.30. The second-order valence-electron chi connectivity index (χ2n) is 3.73. The fraction of sp³-hybridized carbons (Fsp3) is 0.400. The first-order chi connectivity index (χ1) is 7.38. The Morgan fingerprint density at radius 1 is 1.31 bits per heavy atom. The van der Waals surface area contributed by atoms with Crippen LogP contribution in [0.2, 0.25) is 0 Å². The lowest BCUT2D eigenvalue weighted by Gasteiger charge is -2.26. The molecule has 0 aliphatic carbocycles. The molecule has 6 heteroatoms. The van der Waals surface area contributed by atoms with E-state index in [1.807, 2.05) is 0 Å². The highest BCUT2D eigenvalue weighted by molar-refractivity contribution is 5.40. The van der Waals surface area contributed by atoms with E-state index in [1.54, 1.807) is 11.9 Å². The molecule has 0 N–H and O–H groups in total. The molecule has 1 heterocycles. The van der Waals surface area contributed by atoms with Crippen LogP contribution in [0, 0.1) is 5.82 Å². The van der Waals surface area contributed by atoms with Gasteiger partial charge in [-0.15, -0.1) is 0 Å². The van der Waals surface area contributed by atoms with E-state index in [1.165, 1.54) is 0 Å². The number of ether oxygens (including phenoxy) is 1. The van der Waals surface area contributed by atoms with Crippen molar-refractivity contribution in [2.75, 3.05) is 13.8 Å². The van der Waals surface area contributed by atoms with Crippen molar-refractivity contribution in [3.8, 4) is 5.75 Å². The normalized spacial score (nSPS) is 16.8. The Morgan fingerprint density at radius 2 is 2.00 bits per heavy atom. The predicted molar refractivity (Wildman–Crippen MR) is 48.4 cm³/mol. The minimum atomic E-state index is -4.54. The van der Waals surface area contributed by atoms with Crippen LogP contribution in [-0.4, -0.2) is 18.7 Å². The molecule has 88 valence electrons. The molecular weight excluding hydrogens is 226 g/mol. The molecule has 0 aromatic heterocycles. The maximum Gasteiger partial charge on any atom is 0.416 e. The van der Waals surface area contributed by atoms with Gasteiger partial charge >= 0.3 is 6.18 Å². The lowest BCUT2D eigenvalue weighted by molar-refractivity contribution is -0.137. The second-order valence-corrected chi connectivity index (χ2v) is 3.73. The van der Waals surface area contributed by atoms with Crippen LogP contribution in [0.1, 0.15) is 11.1 Å². The molecule has 16 heavy (non-hydrogen) atoms. The van der Waals surface area contributed by atoms with Crippen molar-refractivity contribution >= 4 is 0 Å². The van der Waals surface area contributed by atoms with Gasteiger partial charge in [0.2, 0.25) is 0 Å². The Morgan fingerprint density at radius 3 is 2.62 bits per heavy atom. The molecule has 1 aromatic carbocycles. The number of alkyl halides is 3. The first-order valence-corrected chi connectivity index (χ1v) is 4.59. The summed E-state index contributed by atoms with van der Waals surface area (Å²) in [5.41, 5.74) is -0.760. The maximum absolute atomic E-state index is 13.3. The number of hydrogen-bond donors (Lipinski definition) is 0. The molecule has 0 bridgehead atoms. The van der Waals surface area contributed by atoms with Crippen LogP contribution in [-0.2, 0) is 12.7 Å². The van der Waals surface area contributed by atoms with Gasteiger partial charge in [0.15, 0.2) is 11.6 Å². The van der Waals surface area contributed by atoms with Crippen LogP contribution < -0.4 is 4.74 Å². The second kappa shape index (κ2) is 3.62. The van der Waals surface area contributed by atoms with Crippen molar-refractivity contribution in [3.05, 3.63) is 29.1 Å². The number of halogens is 4. The summed E-state index contributed by atoms with van der Waals surface area (Å²) in [6.07, 6.45) is -4.54. The molecule has 0 unspecified atom stereocenters. The standard InChI is InChI=1S/C10H9F4NO/c1-15-4-6-2-7(10(12,13)14)3-8(11)9(6)16-5-15/h2-3H,4-5H2,1H3. The molecule has 0 amide bonds. The zero-order valence-electron chi connectivity index (χ0n) is 8.44. The van der Waals surface area contributed by atoms with Crippen LogP contribution in [0.4, 0.5) is 17.6 Å². The lowest BCUT2D eigenvalue weighted by atomic mass is 10.1. The predicted octanol–water partition coefficient (Wildman–Crippen LogP) is 2.63. The van der Waals surface area contributed by atoms with Gasteiger partial charge in [-0.05, 0) is 19.2 Å². The summed E-state index contributed by atoms with van der Waals surface area (Å²) in [4.78, 5) is 1.65. The molecule has 2 nitrogen and oxygen atoms in total. The molecule has 0 fully saturated rings. The monoisotopic (exact) mass is 235 g/mol. The van der Waals surface area contributed by atoms with Gasteiger partial charge in [-0.1, -0.05) is 0 Å². The van der Waals surface area contributed by atoms with Crippen molar-refractivity contribution < 1.29 is 22.3 Å². The summed E-state index contributed by atoms with van der Waals surface area (Å²) in [6, 6.07) is 1.39. The topological polar surface area (TPSA) is 12.5 Å². The molecule has 2 rings (SSSR count). The van der Waals surface area contributed by atoms with Crippen molar-refractivity contribution in [2.24, 2.45) is 0 Å². The Kier molecular flexibility index (Phi) is 2.53. The van der Waals surface area contributed by atoms with E-state index < -0.39 is 17.6 Å². The van der Waals surface area contributed by atoms with Gasteiger partial charge in [0.25, 0.3) is 0 Å². The van der Waals surface area contributed by atoms with E-state index in [0.29, 0.717) is 6.07 Å². The van der Waals surface area contributed by atoms with Crippen LogP contribution in [0.15, 0.2) is 12.1 Å². The number of hydrogen-bond acceptors (Lipinski definition) is 2. The van der Waals surface area contributed by atoms with Crippen molar-refractivity contribution in [3.63, 3.8) is 0 Å². The number of benzene rings is 1. The third kappa shape index (κ3) is 1.97. The van der Waals surface area contributed by atoms with Gasteiger partial charge < -0.3 is 4.74 Å². The first kappa shape index (κ1) is 11.2. The Labute approximate surface area is 89.4 Å². The van der Waals surface area contributed by atoms with Gasteiger partial charge in [0.1, 0.15) is 6.73 Å². The van der Waals surface area contributed by atoms with E-state index in [2.05, 4.69) is 0 Å². The molecule has 1 aliphatic heterocycles. The zero-order chi connectivity index (χ0) is 11.9. The largest absolute Gasteiger partial charge is 0.475 e. The molecule has 1 aliphatic rings. The molecule has 1 aromatic rings. The summed E-state index contributed by atoms with van der Waals surface area (Å²) in [7, 11) is 1.68. The molecule has 0 radical (unpaired) electrons. The van der Waals surface area contributed by atoms with E-state index in [4.69, 9.17) is 4.74 Å². The van der Waals surface area contributed by atoms with Gasteiger partial charge in [0, 0.05) is 12.1 Å². The highest BCUT2D eigenvalue weighted by Crippen LogP contribution is 2.36. The molecule has 0 saturated carbocycles. The van der Waals surface area contributed by atoms with Crippen molar-refractivity contribution in [1.29, 1.82) is 0 Å². The Bertz CT molecular complexity index is 416. The number of fused-ring (bicyclic) bond motifs is 1. The summed E-state index contributed by atoms with van der Waals surface area (Å²) >= 11 is 0. The van der Waals surface area contributed by atoms with E-state index in [-0.39, 0.29) is 24.6 Å². The third-order valence-electron chi connectivity index (χ3n) is 2.32. The zero-order valence-corrected chi connectivity index (χ0v) is 8.44. The summed E-state index contributed by atoms with van der Waals surface area (Å²) in [6.45, 7) is 0.422. The molecule has 0 atom stereocenters. The average Bonchev–Trinajstić information content (AvgIpc) is 2.15. The minimum absolute atomic E-state index is 0.0777.